The lowest BCUT2D eigenvalue weighted by Gasteiger charge is -2.35. The number of halogens is 1. The molecule has 2 aromatic carbocycles. The maximum absolute atomic E-state index is 13.6. The Balaban J connectivity index is 1.68. The van der Waals surface area contributed by atoms with Gasteiger partial charge in [0.05, 0.1) is 5.69 Å². The predicted molar refractivity (Wildman–Crippen MR) is 99.5 cm³/mol. The van der Waals surface area contributed by atoms with Crippen LogP contribution in [0.15, 0.2) is 42.5 Å². The molecule has 0 aromatic heterocycles. The molecule has 4 N–H and O–H groups in total. The van der Waals surface area contributed by atoms with Gasteiger partial charge in [-0.15, -0.1) is 0 Å². The first-order valence-electron chi connectivity index (χ1n) is 8.47. The molecule has 136 valence electrons. The Labute approximate surface area is 151 Å². The summed E-state index contributed by atoms with van der Waals surface area (Å²) in [5.74, 6) is -1.03. The van der Waals surface area contributed by atoms with Crippen molar-refractivity contribution in [2.24, 2.45) is 0 Å². The third kappa shape index (κ3) is 3.61. The Bertz CT molecular complexity index is 840. The average Bonchev–Trinajstić information content (AvgIpc) is 2.63. The quantitative estimate of drug-likeness (QED) is 0.738. The number of imide groups is 1. The van der Waals surface area contributed by atoms with E-state index in [1.165, 1.54) is 18.2 Å². The molecule has 6 nitrogen and oxygen atoms in total. The average molecular weight is 356 g/mol. The first-order valence-corrected chi connectivity index (χ1v) is 8.47. The van der Waals surface area contributed by atoms with Gasteiger partial charge in [-0.3, -0.25) is 10.1 Å². The Morgan fingerprint density at radius 1 is 1.19 bits per heavy atom. The summed E-state index contributed by atoms with van der Waals surface area (Å²) in [5, 5.41) is 4.61. The topological polar surface area (TPSA) is 87.5 Å². The molecule has 1 atom stereocenters. The van der Waals surface area contributed by atoms with Crippen LogP contribution in [0, 0.1) is 5.82 Å². The molecule has 0 aliphatic carbocycles. The minimum absolute atomic E-state index is 0.0153. The number of nitrogens with one attached hydrogen (secondary N) is 2. The number of fused-ring (bicyclic) bond motifs is 1. The summed E-state index contributed by atoms with van der Waals surface area (Å²) < 4.78 is 13.6. The van der Waals surface area contributed by atoms with Gasteiger partial charge in [0.2, 0.25) is 5.91 Å². The number of anilines is 3. The van der Waals surface area contributed by atoms with Crippen molar-refractivity contribution in [1.29, 1.82) is 0 Å². The number of urea groups is 1. The number of rotatable bonds is 3. The molecule has 2 aromatic rings. The largest absolute Gasteiger partial charge is 0.398 e. The number of carbonyl (C=O) groups is 2. The van der Waals surface area contributed by atoms with E-state index in [0.29, 0.717) is 12.2 Å². The molecule has 3 amide bonds. The Morgan fingerprint density at radius 2 is 1.96 bits per heavy atom. The first-order chi connectivity index (χ1) is 12.5. The van der Waals surface area contributed by atoms with Crippen LogP contribution in [0.2, 0.25) is 0 Å². The summed E-state index contributed by atoms with van der Waals surface area (Å²) in [5.41, 5.74) is 8.69. The van der Waals surface area contributed by atoms with E-state index in [4.69, 9.17) is 5.73 Å². The van der Waals surface area contributed by atoms with E-state index in [0.717, 1.165) is 24.1 Å². The molecular weight excluding hydrogens is 335 g/mol. The van der Waals surface area contributed by atoms with Crippen molar-refractivity contribution >= 4 is 29.0 Å². The van der Waals surface area contributed by atoms with Crippen LogP contribution < -0.4 is 21.3 Å². The van der Waals surface area contributed by atoms with Crippen molar-refractivity contribution in [3.05, 3.63) is 53.8 Å². The van der Waals surface area contributed by atoms with E-state index in [2.05, 4.69) is 10.6 Å². The fraction of sp³-hybridized carbons (Fsp3) is 0.263. The van der Waals surface area contributed by atoms with E-state index < -0.39 is 23.8 Å². The number of para-hydroxylation sites is 1. The Kier molecular flexibility index (Phi) is 5.06. The number of hydrogen-bond acceptors (Lipinski definition) is 4. The van der Waals surface area contributed by atoms with Crippen molar-refractivity contribution in [1.82, 2.24) is 5.32 Å². The molecule has 3 rings (SSSR count). The predicted octanol–water partition coefficient (Wildman–Crippen LogP) is 2.90. The highest BCUT2D eigenvalue weighted by Crippen LogP contribution is 2.32. The van der Waals surface area contributed by atoms with Crippen molar-refractivity contribution < 1.29 is 14.0 Å². The second kappa shape index (κ2) is 7.43. The zero-order chi connectivity index (χ0) is 18.7. The van der Waals surface area contributed by atoms with Gasteiger partial charge < -0.3 is 16.0 Å². The summed E-state index contributed by atoms with van der Waals surface area (Å²) in [6.45, 7) is 2.42. The molecular formula is C19H21FN4O2. The summed E-state index contributed by atoms with van der Waals surface area (Å²) in [6.07, 6.45) is 1.74. The summed E-state index contributed by atoms with van der Waals surface area (Å²) in [4.78, 5) is 26.4. The first kappa shape index (κ1) is 17.7. The van der Waals surface area contributed by atoms with Crippen molar-refractivity contribution in [2.45, 2.75) is 25.8 Å². The number of carbonyl (C=O) groups excluding carboxylic acids is 2. The van der Waals surface area contributed by atoms with E-state index >= 15 is 0 Å². The monoisotopic (exact) mass is 356 g/mol. The lowest BCUT2D eigenvalue weighted by Crippen LogP contribution is -2.49. The third-order valence-electron chi connectivity index (χ3n) is 4.53. The van der Waals surface area contributed by atoms with Crippen LogP contribution in [0.5, 0.6) is 0 Å². The SMILES string of the molecule is CC(C(=O)NC(=O)Nc1ccccc1F)N1CCCc2c(N)cccc21. The standard InChI is InChI=1S/C19H21FN4O2/c1-12(24-11-5-6-13-15(21)8-4-10-17(13)24)18(25)23-19(26)22-16-9-3-2-7-14(16)20/h2-4,7-10,12H,5-6,11,21H2,1H3,(H2,22,23,25,26). The number of amides is 3. The minimum Gasteiger partial charge on any atom is -0.398 e. The molecule has 0 saturated carbocycles. The fourth-order valence-corrected chi connectivity index (χ4v) is 3.16. The molecule has 0 saturated heterocycles. The Morgan fingerprint density at radius 3 is 2.73 bits per heavy atom. The second-order valence-electron chi connectivity index (χ2n) is 6.24. The normalized spacial score (nSPS) is 14.3. The lowest BCUT2D eigenvalue weighted by atomic mass is 9.98. The van der Waals surface area contributed by atoms with Gasteiger partial charge in [-0.1, -0.05) is 18.2 Å². The van der Waals surface area contributed by atoms with Crippen LogP contribution in [-0.4, -0.2) is 24.5 Å². The Hall–Kier alpha value is -3.09. The molecule has 0 radical (unpaired) electrons. The minimum atomic E-state index is -0.767. The van der Waals surface area contributed by atoms with Crippen molar-refractivity contribution in [2.75, 3.05) is 22.5 Å². The molecule has 26 heavy (non-hydrogen) atoms. The smallest absolute Gasteiger partial charge is 0.326 e. The van der Waals surface area contributed by atoms with Gasteiger partial charge in [-0.05, 0) is 49.6 Å². The number of nitrogens with two attached hydrogens (primary N) is 1. The van der Waals surface area contributed by atoms with Gasteiger partial charge in [0.25, 0.3) is 0 Å². The van der Waals surface area contributed by atoms with E-state index in [-0.39, 0.29) is 5.69 Å². The van der Waals surface area contributed by atoms with Gasteiger partial charge in [0.1, 0.15) is 11.9 Å². The second-order valence-corrected chi connectivity index (χ2v) is 6.24. The van der Waals surface area contributed by atoms with E-state index in [9.17, 15) is 14.0 Å². The fourth-order valence-electron chi connectivity index (χ4n) is 3.16. The number of benzene rings is 2. The molecule has 1 unspecified atom stereocenters. The summed E-state index contributed by atoms with van der Waals surface area (Å²) in [7, 11) is 0. The van der Waals surface area contributed by atoms with Crippen LogP contribution in [0.3, 0.4) is 0 Å². The van der Waals surface area contributed by atoms with Crippen LogP contribution in [0.25, 0.3) is 0 Å². The highest BCUT2D eigenvalue weighted by atomic mass is 19.1. The zero-order valence-electron chi connectivity index (χ0n) is 14.5. The maximum atomic E-state index is 13.6. The van der Waals surface area contributed by atoms with Crippen LogP contribution in [0.1, 0.15) is 18.9 Å². The van der Waals surface area contributed by atoms with Crippen molar-refractivity contribution in [3.63, 3.8) is 0 Å². The summed E-state index contributed by atoms with van der Waals surface area (Å²) in [6, 6.07) is 10.1. The van der Waals surface area contributed by atoms with Crippen LogP contribution >= 0.6 is 0 Å². The van der Waals surface area contributed by atoms with Crippen molar-refractivity contribution in [3.8, 4) is 0 Å². The summed E-state index contributed by atoms with van der Waals surface area (Å²) >= 11 is 0. The molecule has 1 heterocycles. The number of nitrogens with zero attached hydrogens (tertiary/aromatic N) is 1. The highest BCUT2D eigenvalue weighted by molar-refractivity contribution is 6.03. The van der Waals surface area contributed by atoms with Gasteiger partial charge >= 0.3 is 6.03 Å². The van der Waals surface area contributed by atoms with Gasteiger partial charge in [-0.2, -0.15) is 0 Å². The van der Waals surface area contributed by atoms with Gasteiger partial charge in [0.15, 0.2) is 0 Å². The third-order valence-corrected chi connectivity index (χ3v) is 4.53. The van der Waals surface area contributed by atoms with Gasteiger partial charge in [-0.25, -0.2) is 9.18 Å². The maximum Gasteiger partial charge on any atom is 0.326 e. The van der Waals surface area contributed by atoms with E-state index in [1.807, 2.05) is 23.1 Å². The lowest BCUT2D eigenvalue weighted by molar-refractivity contribution is -0.120. The molecule has 0 bridgehead atoms. The molecule has 7 heteroatoms. The zero-order valence-corrected chi connectivity index (χ0v) is 14.5. The number of nitrogen functional groups attached to an aromatic ring is 1. The van der Waals surface area contributed by atoms with E-state index in [1.54, 1.807) is 13.0 Å². The molecule has 1 aliphatic rings. The number of hydrogen-bond donors (Lipinski definition) is 3. The molecule has 0 fully saturated rings. The molecule has 0 spiro atoms. The molecule has 1 aliphatic heterocycles. The van der Waals surface area contributed by atoms with Crippen LogP contribution in [-0.2, 0) is 11.2 Å². The highest BCUT2D eigenvalue weighted by Gasteiger charge is 2.27. The van der Waals surface area contributed by atoms with Gasteiger partial charge in [0, 0.05) is 17.9 Å². The van der Waals surface area contributed by atoms with Crippen LogP contribution in [0.4, 0.5) is 26.2 Å².